The van der Waals surface area contributed by atoms with E-state index < -0.39 is 5.41 Å². The van der Waals surface area contributed by atoms with Gasteiger partial charge in [-0.3, -0.25) is 14.8 Å². The first kappa shape index (κ1) is 19.3. The molecule has 29 heavy (non-hydrogen) atoms. The molecule has 4 rings (SSSR count). The van der Waals surface area contributed by atoms with Gasteiger partial charge in [-0.05, 0) is 65.8 Å². The number of rotatable bonds is 6. The maximum Gasteiger partial charge on any atom is 0.226 e. The summed E-state index contributed by atoms with van der Waals surface area (Å²) in [6, 6.07) is 16.3. The van der Waals surface area contributed by atoms with E-state index in [-0.39, 0.29) is 5.91 Å². The fourth-order valence-corrected chi connectivity index (χ4v) is 3.91. The second kappa shape index (κ2) is 8.97. The summed E-state index contributed by atoms with van der Waals surface area (Å²) in [6.07, 6.45) is 9.26. The number of carbonyl (C=O) groups excluding carboxylic acids is 1. The van der Waals surface area contributed by atoms with Crippen LogP contribution >= 0.6 is 0 Å². The van der Waals surface area contributed by atoms with Crippen LogP contribution in [0.4, 0.5) is 0 Å². The molecule has 1 fully saturated rings. The Bertz CT molecular complexity index is 939. The lowest BCUT2D eigenvalue weighted by molar-refractivity contribution is -0.136. The van der Waals surface area contributed by atoms with E-state index in [2.05, 4.69) is 39.6 Å². The van der Waals surface area contributed by atoms with Crippen LogP contribution in [0.25, 0.3) is 11.1 Å². The minimum Gasteiger partial charge on any atom is -0.381 e. The Morgan fingerprint density at radius 3 is 2.31 bits per heavy atom. The molecule has 0 atom stereocenters. The largest absolute Gasteiger partial charge is 0.381 e. The highest BCUT2D eigenvalue weighted by Gasteiger charge is 2.40. The predicted molar refractivity (Wildman–Crippen MR) is 112 cm³/mol. The molecule has 0 radical (unpaired) electrons. The Labute approximate surface area is 171 Å². The molecule has 0 unspecified atom stereocenters. The van der Waals surface area contributed by atoms with Crippen molar-refractivity contribution >= 4 is 5.91 Å². The maximum absolute atomic E-state index is 13.3. The number of nitrogens with zero attached hydrogens (tertiary/aromatic N) is 2. The number of pyridine rings is 2. The van der Waals surface area contributed by atoms with E-state index in [9.17, 15) is 4.79 Å². The summed E-state index contributed by atoms with van der Waals surface area (Å²) in [6.45, 7) is 1.75. The minimum absolute atomic E-state index is 0.104. The molecule has 1 saturated heterocycles. The van der Waals surface area contributed by atoms with Crippen LogP contribution in [0, 0.1) is 5.41 Å². The summed E-state index contributed by atoms with van der Waals surface area (Å²) in [7, 11) is 0. The van der Waals surface area contributed by atoms with Crippen molar-refractivity contribution in [1.82, 2.24) is 15.3 Å². The number of hydrogen-bond acceptors (Lipinski definition) is 4. The van der Waals surface area contributed by atoms with Gasteiger partial charge in [-0.1, -0.05) is 24.3 Å². The predicted octanol–water partition coefficient (Wildman–Crippen LogP) is 3.80. The second-order valence-corrected chi connectivity index (χ2v) is 7.54. The van der Waals surface area contributed by atoms with Crippen LogP contribution < -0.4 is 5.32 Å². The van der Waals surface area contributed by atoms with Gasteiger partial charge in [0.25, 0.3) is 0 Å². The molecule has 1 amide bonds. The Morgan fingerprint density at radius 2 is 1.59 bits per heavy atom. The molecule has 3 aromatic rings. The molecule has 0 saturated carbocycles. The zero-order chi connectivity index (χ0) is 19.9. The topological polar surface area (TPSA) is 64.1 Å². The summed E-state index contributed by atoms with van der Waals surface area (Å²) in [5.74, 6) is 0.104. The second-order valence-electron chi connectivity index (χ2n) is 7.54. The number of amides is 1. The summed E-state index contributed by atoms with van der Waals surface area (Å²) in [5.41, 5.74) is 4.05. The van der Waals surface area contributed by atoms with E-state index in [1.807, 2.05) is 24.3 Å². The van der Waals surface area contributed by atoms with Crippen molar-refractivity contribution in [3.05, 3.63) is 84.4 Å². The molecule has 3 heterocycles. The standard InChI is InChI=1S/C24H25N3O2/c28-23(27-18-19-4-10-25-11-5-19)24(8-14-29-15-9-24)17-20-2-1-3-22(16-20)21-6-12-26-13-7-21/h1-7,10-13,16H,8-9,14-15,17-18H2,(H,27,28). The normalized spacial score (nSPS) is 15.6. The van der Waals surface area contributed by atoms with Gasteiger partial charge in [-0.25, -0.2) is 0 Å². The molecule has 1 aliphatic rings. The third-order valence-corrected chi connectivity index (χ3v) is 5.62. The minimum atomic E-state index is -0.442. The van der Waals surface area contributed by atoms with E-state index in [4.69, 9.17) is 4.74 Å². The van der Waals surface area contributed by atoms with Crippen molar-refractivity contribution in [3.8, 4) is 11.1 Å². The fourth-order valence-electron chi connectivity index (χ4n) is 3.91. The highest BCUT2D eigenvalue weighted by atomic mass is 16.5. The van der Waals surface area contributed by atoms with Crippen molar-refractivity contribution in [2.24, 2.45) is 5.41 Å². The molecule has 2 aromatic heterocycles. The lowest BCUT2D eigenvalue weighted by Crippen LogP contribution is -2.45. The van der Waals surface area contributed by atoms with Crippen LogP contribution in [0.3, 0.4) is 0 Å². The van der Waals surface area contributed by atoms with E-state index in [1.165, 1.54) is 5.56 Å². The number of aromatic nitrogens is 2. The fraction of sp³-hybridized carbons (Fsp3) is 0.292. The Morgan fingerprint density at radius 1 is 0.897 bits per heavy atom. The first-order valence-corrected chi connectivity index (χ1v) is 9.99. The first-order valence-electron chi connectivity index (χ1n) is 9.99. The molecule has 0 spiro atoms. The number of nitrogens with one attached hydrogen (secondary N) is 1. The molecular formula is C24H25N3O2. The molecular weight excluding hydrogens is 362 g/mol. The van der Waals surface area contributed by atoms with Crippen LogP contribution in [-0.4, -0.2) is 29.1 Å². The van der Waals surface area contributed by atoms with Crippen LogP contribution in [0.2, 0.25) is 0 Å². The van der Waals surface area contributed by atoms with Gasteiger partial charge in [0.1, 0.15) is 0 Å². The Kier molecular flexibility index (Phi) is 5.96. The average molecular weight is 387 g/mol. The van der Waals surface area contributed by atoms with Crippen LogP contribution in [-0.2, 0) is 22.5 Å². The number of carbonyl (C=O) groups is 1. The monoisotopic (exact) mass is 387 g/mol. The molecule has 0 aliphatic carbocycles. The van der Waals surface area contributed by atoms with Gasteiger partial charge in [0.15, 0.2) is 0 Å². The van der Waals surface area contributed by atoms with Crippen LogP contribution in [0.5, 0.6) is 0 Å². The summed E-state index contributed by atoms with van der Waals surface area (Å²) >= 11 is 0. The third kappa shape index (κ3) is 4.69. The molecule has 1 N–H and O–H groups in total. The van der Waals surface area contributed by atoms with Crippen LogP contribution in [0.15, 0.2) is 73.3 Å². The van der Waals surface area contributed by atoms with Gasteiger partial charge in [0.05, 0.1) is 5.41 Å². The van der Waals surface area contributed by atoms with E-state index >= 15 is 0 Å². The SMILES string of the molecule is O=C(NCc1ccncc1)C1(Cc2cccc(-c3ccncc3)c2)CCOCC1. The van der Waals surface area contributed by atoms with E-state index in [0.29, 0.717) is 26.2 Å². The Hall–Kier alpha value is -3.05. The highest BCUT2D eigenvalue weighted by Crippen LogP contribution is 2.35. The van der Waals surface area contributed by atoms with Crippen molar-refractivity contribution in [2.45, 2.75) is 25.8 Å². The van der Waals surface area contributed by atoms with E-state index in [0.717, 1.165) is 29.5 Å². The average Bonchev–Trinajstić information content (AvgIpc) is 2.79. The zero-order valence-electron chi connectivity index (χ0n) is 16.4. The lowest BCUT2D eigenvalue weighted by Gasteiger charge is -2.36. The van der Waals surface area contributed by atoms with Gasteiger partial charge in [-0.2, -0.15) is 0 Å². The molecule has 1 aromatic carbocycles. The van der Waals surface area contributed by atoms with Gasteiger partial charge in [0, 0.05) is 44.5 Å². The van der Waals surface area contributed by atoms with Crippen LogP contribution in [0.1, 0.15) is 24.0 Å². The molecule has 5 heteroatoms. The Balaban J connectivity index is 1.53. The number of hydrogen-bond donors (Lipinski definition) is 1. The van der Waals surface area contributed by atoms with Gasteiger partial charge >= 0.3 is 0 Å². The molecule has 5 nitrogen and oxygen atoms in total. The first-order chi connectivity index (χ1) is 14.3. The van der Waals surface area contributed by atoms with Crippen molar-refractivity contribution in [2.75, 3.05) is 13.2 Å². The van der Waals surface area contributed by atoms with Gasteiger partial charge < -0.3 is 10.1 Å². The van der Waals surface area contributed by atoms with Crippen molar-refractivity contribution in [1.29, 1.82) is 0 Å². The summed E-state index contributed by atoms with van der Waals surface area (Å²) < 4.78 is 5.57. The summed E-state index contributed by atoms with van der Waals surface area (Å²) in [4.78, 5) is 21.4. The van der Waals surface area contributed by atoms with E-state index in [1.54, 1.807) is 24.8 Å². The van der Waals surface area contributed by atoms with Gasteiger partial charge in [0.2, 0.25) is 5.91 Å². The van der Waals surface area contributed by atoms with Crippen molar-refractivity contribution in [3.63, 3.8) is 0 Å². The smallest absolute Gasteiger partial charge is 0.226 e. The number of ether oxygens (including phenoxy) is 1. The molecule has 148 valence electrons. The summed E-state index contributed by atoms with van der Waals surface area (Å²) in [5, 5.41) is 3.15. The van der Waals surface area contributed by atoms with Crippen molar-refractivity contribution < 1.29 is 9.53 Å². The zero-order valence-corrected chi connectivity index (χ0v) is 16.4. The molecule has 1 aliphatic heterocycles. The molecule has 0 bridgehead atoms. The quantitative estimate of drug-likeness (QED) is 0.699. The number of benzene rings is 1. The van der Waals surface area contributed by atoms with Gasteiger partial charge in [-0.15, -0.1) is 0 Å². The lowest BCUT2D eigenvalue weighted by atomic mass is 9.74. The highest BCUT2D eigenvalue weighted by molar-refractivity contribution is 5.83. The third-order valence-electron chi connectivity index (χ3n) is 5.62. The maximum atomic E-state index is 13.3.